The van der Waals surface area contributed by atoms with E-state index in [-0.39, 0.29) is 41.9 Å². The summed E-state index contributed by atoms with van der Waals surface area (Å²) in [6.45, 7) is -0.0134. The summed E-state index contributed by atoms with van der Waals surface area (Å²) in [6.07, 6.45) is -2.38. The minimum atomic E-state index is -4.87. The number of allylic oxidation sites excluding steroid dienone is 1. The van der Waals surface area contributed by atoms with Crippen LogP contribution in [0.2, 0.25) is 0 Å². The Morgan fingerprint density at radius 3 is 2.62 bits per heavy atom. The third kappa shape index (κ3) is 9.59. The molecular weight excluding hydrogens is 520 g/mol. The van der Waals surface area contributed by atoms with E-state index in [1.165, 1.54) is 17.4 Å². The molecule has 0 aliphatic heterocycles. The van der Waals surface area contributed by atoms with Gasteiger partial charge in [0.25, 0.3) is 5.91 Å². The fourth-order valence-corrected chi connectivity index (χ4v) is 4.11. The zero-order valence-corrected chi connectivity index (χ0v) is 20.2. The number of aliphatic hydroxyl groups excluding tert-OH is 1. The van der Waals surface area contributed by atoms with E-state index in [1.807, 2.05) is 0 Å². The maximum absolute atomic E-state index is 14.0. The fourth-order valence-electron chi connectivity index (χ4n) is 3.31. The van der Waals surface area contributed by atoms with E-state index in [1.54, 1.807) is 6.07 Å². The van der Waals surface area contributed by atoms with Gasteiger partial charge in [-0.05, 0) is 55.5 Å². The minimum absolute atomic E-state index is 0.124. The highest BCUT2D eigenvalue weighted by atomic mass is 32.1. The standard InChI is InChI=1S/C22H24F4N6O4S/c23-16-7-6-15(36-22(24,25)26)11-13(16)12-18(34)28-17-8-5-14(29-30-17)3-1-2-4-19-31-32-21(37-19)20(35)27-9-10-33/h5,7-8,11,15,33H,1-4,6,9-10,12H2,(H,27,35)(H,28,30,34). The molecule has 0 bridgehead atoms. The molecule has 2 heterocycles. The maximum Gasteiger partial charge on any atom is 0.523 e. The van der Waals surface area contributed by atoms with Crippen molar-refractivity contribution in [2.24, 2.45) is 0 Å². The predicted molar refractivity (Wildman–Crippen MR) is 124 cm³/mol. The van der Waals surface area contributed by atoms with E-state index in [0.717, 1.165) is 25.0 Å². The Balaban J connectivity index is 1.41. The van der Waals surface area contributed by atoms with E-state index >= 15 is 0 Å². The first-order chi connectivity index (χ1) is 17.6. The van der Waals surface area contributed by atoms with Crippen molar-refractivity contribution >= 4 is 29.0 Å². The normalized spacial score (nSPS) is 15.6. The number of aliphatic hydroxyl groups is 1. The highest BCUT2D eigenvalue weighted by Crippen LogP contribution is 2.29. The van der Waals surface area contributed by atoms with Gasteiger partial charge in [-0.3, -0.25) is 14.3 Å². The number of ether oxygens (including phenoxy) is 1. The number of carbonyl (C=O) groups excluding carboxylic acids is 2. The lowest BCUT2D eigenvalue weighted by Crippen LogP contribution is -2.26. The number of aromatic nitrogens is 4. The van der Waals surface area contributed by atoms with Crippen molar-refractivity contribution in [2.45, 2.75) is 51.0 Å². The number of rotatable bonds is 12. The topological polar surface area (TPSA) is 139 Å². The second-order valence-electron chi connectivity index (χ2n) is 7.90. The molecule has 0 aromatic carbocycles. The Bertz CT molecular complexity index is 1140. The number of nitrogens with one attached hydrogen (secondary N) is 2. The number of hydrogen-bond donors (Lipinski definition) is 3. The molecular formula is C22H24F4N6O4S. The molecule has 0 fully saturated rings. The highest BCUT2D eigenvalue weighted by molar-refractivity contribution is 7.13. The zero-order valence-electron chi connectivity index (χ0n) is 19.4. The van der Waals surface area contributed by atoms with Crippen LogP contribution in [0.1, 0.15) is 46.2 Å². The molecule has 1 atom stereocenters. The lowest BCUT2D eigenvalue weighted by atomic mass is 10.0. The van der Waals surface area contributed by atoms with Gasteiger partial charge in [0.05, 0.1) is 24.8 Å². The second kappa shape index (κ2) is 13.3. The summed E-state index contributed by atoms with van der Waals surface area (Å²) in [7, 11) is 0. The van der Waals surface area contributed by atoms with Crippen LogP contribution >= 0.6 is 11.3 Å². The molecule has 1 aliphatic rings. The molecule has 10 nitrogen and oxygen atoms in total. The summed E-state index contributed by atoms with van der Waals surface area (Å²) in [4.78, 5) is 24.0. The number of carbonyl (C=O) groups is 2. The number of unbranched alkanes of at least 4 members (excludes halogenated alkanes) is 1. The van der Waals surface area contributed by atoms with Crippen molar-refractivity contribution in [1.82, 2.24) is 25.7 Å². The molecule has 2 aromatic heterocycles. The first-order valence-electron chi connectivity index (χ1n) is 11.3. The molecule has 200 valence electrons. The number of aryl methyl sites for hydroxylation is 2. The largest absolute Gasteiger partial charge is 0.523 e. The number of halogens is 4. The van der Waals surface area contributed by atoms with Crippen LogP contribution in [-0.4, -0.2) is 62.9 Å². The van der Waals surface area contributed by atoms with E-state index in [0.29, 0.717) is 23.5 Å². The van der Waals surface area contributed by atoms with Gasteiger partial charge in [-0.25, -0.2) is 4.39 Å². The first-order valence-corrected chi connectivity index (χ1v) is 12.1. The van der Waals surface area contributed by atoms with Crippen LogP contribution in [-0.2, 0) is 22.4 Å². The molecule has 0 saturated heterocycles. The van der Waals surface area contributed by atoms with E-state index in [2.05, 4.69) is 35.8 Å². The smallest absolute Gasteiger partial charge is 0.395 e. The predicted octanol–water partition coefficient (Wildman–Crippen LogP) is 3.03. The highest BCUT2D eigenvalue weighted by Gasteiger charge is 2.34. The van der Waals surface area contributed by atoms with E-state index in [9.17, 15) is 27.2 Å². The van der Waals surface area contributed by atoms with Crippen molar-refractivity contribution < 1.29 is 37.0 Å². The van der Waals surface area contributed by atoms with Crippen LogP contribution in [0.25, 0.3) is 0 Å². The van der Waals surface area contributed by atoms with Gasteiger partial charge in [-0.15, -0.1) is 28.5 Å². The summed E-state index contributed by atoms with van der Waals surface area (Å²) in [6, 6.07) is 3.20. The van der Waals surface area contributed by atoms with Crippen molar-refractivity contribution in [1.29, 1.82) is 0 Å². The third-order valence-electron chi connectivity index (χ3n) is 4.98. The van der Waals surface area contributed by atoms with Crippen molar-refractivity contribution in [3.8, 4) is 0 Å². The molecule has 2 aromatic rings. The molecule has 0 spiro atoms. The molecule has 0 saturated carbocycles. The summed E-state index contributed by atoms with van der Waals surface area (Å²) >= 11 is 1.19. The lowest BCUT2D eigenvalue weighted by molar-refractivity contribution is -0.336. The van der Waals surface area contributed by atoms with Crippen molar-refractivity contribution in [3.05, 3.63) is 51.4 Å². The average molecular weight is 545 g/mol. The van der Waals surface area contributed by atoms with Crippen LogP contribution in [0.5, 0.6) is 0 Å². The van der Waals surface area contributed by atoms with Crippen molar-refractivity contribution in [2.75, 3.05) is 18.5 Å². The third-order valence-corrected chi connectivity index (χ3v) is 5.96. The Morgan fingerprint density at radius 1 is 1.14 bits per heavy atom. The summed E-state index contributed by atoms with van der Waals surface area (Å²) < 4.78 is 55.0. The van der Waals surface area contributed by atoms with Gasteiger partial charge in [-0.1, -0.05) is 11.3 Å². The van der Waals surface area contributed by atoms with Crippen LogP contribution in [0.15, 0.2) is 35.7 Å². The van der Waals surface area contributed by atoms with Crippen LogP contribution in [0.4, 0.5) is 23.4 Å². The summed E-state index contributed by atoms with van der Waals surface area (Å²) in [5, 5.41) is 30.4. The maximum atomic E-state index is 14.0. The van der Waals surface area contributed by atoms with Gasteiger partial charge in [0.1, 0.15) is 10.8 Å². The number of nitrogens with zero attached hydrogens (tertiary/aromatic N) is 4. The molecule has 15 heteroatoms. The lowest BCUT2D eigenvalue weighted by Gasteiger charge is -2.19. The second-order valence-corrected chi connectivity index (χ2v) is 8.97. The summed E-state index contributed by atoms with van der Waals surface area (Å²) in [5.74, 6) is -1.69. The molecule has 37 heavy (non-hydrogen) atoms. The SMILES string of the molecule is O=C(CC1=CC(OC(F)(F)F)CC=C1F)Nc1ccc(CCCCc2nnc(C(=O)NCCO)s2)nn1. The van der Waals surface area contributed by atoms with E-state index in [4.69, 9.17) is 5.11 Å². The molecule has 3 rings (SSSR count). The average Bonchev–Trinajstić information content (AvgIpc) is 3.31. The van der Waals surface area contributed by atoms with Crippen molar-refractivity contribution in [3.63, 3.8) is 0 Å². The number of hydrogen-bond acceptors (Lipinski definition) is 9. The van der Waals surface area contributed by atoms with Gasteiger partial charge >= 0.3 is 6.36 Å². The fraction of sp³-hybridized carbons (Fsp3) is 0.455. The van der Waals surface area contributed by atoms with Crippen LogP contribution in [0.3, 0.4) is 0 Å². The quantitative estimate of drug-likeness (QED) is 0.274. The Hall–Kier alpha value is -3.30. The van der Waals surface area contributed by atoms with Gasteiger partial charge in [-0.2, -0.15) is 5.10 Å². The minimum Gasteiger partial charge on any atom is -0.395 e. The Morgan fingerprint density at radius 2 is 1.92 bits per heavy atom. The van der Waals surface area contributed by atoms with Gasteiger partial charge in [0.15, 0.2) is 5.82 Å². The number of alkyl halides is 3. The molecule has 3 N–H and O–H groups in total. The Labute approximate surface area is 212 Å². The van der Waals surface area contributed by atoms with Crippen LogP contribution < -0.4 is 10.6 Å². The number of anilines is 1. The van der Waals surface area contributed by atoms with Gasteiger partial charge in [0.2, 0.25) is 10.9 Å². The Kier molecular flexibility index (Phi) is 10.2. The molecule has 2 amide bonds. The van der Waals surface area contributed by atoms with Crippen LogP contribution in [0, 0.1) is 0 Å². The van der Waals surface area contributed by atoms with Gasteiger partial charge < -0.3 is 15.7 Å². The molecule has 0 radical (unpaired) electrons. The van der Waals surface area contributed by atoms with Gasteiger partial charge in [0, 0.05) is 13.0 Å². The zero-order chi connectivity index (χ0) is 26.8. The molecule has 1 unspecified atom stereocenters. The van der Waals surface area contributed by atoms with E-state index < -0.39 is 30.6 Å². The summed E-state index contributed by atoms with van der Waals surface area (Å²) in [5.41, 5.74) is 0.478. The number of amides is 2. The first kappa shape index (κ1) is 28.3. The molecule has 1 aliphatic carbocycles. The monoisotopic (exact) mass is 544 g/mol.